The van der Waals surface area contributed by atoms with E-state index in [0.717, 1.165) is 0 Å². The highest BCUT2D eigenvalue weighted by molar-refractivity contribution is 5.85. The topological polar surface area (TPSA) is 90.1 Å². The molecule has 7 heteroatoms. The van der Waals surface area contributed by atoms with Gasteiger partial charge >= 0.3 is 5.97 Å². The van der Waals surface area contributed by atoms with Crippen molar-refractivity contribution < 1.29 is 14.6 Å². The van der Waals surface area contributed by atoms with Crippen molar-refractivity contribution in [2.45, 2.75) is 6.61 Å². The monoisotopic (exact) mass is 234 g/mol. The SMILES string of the molecule is COCc1cc(-n2ccc(C(=O)O)n2)ncn1. The van der Waals surface area contributed by atoms with Crippen molar-refractivity contribution in [1.29, 1.82) is 0 Å². The van der Waals surface area contributed by atoms with Gasteiger partial charge in [0.05, 0.1) is 12.3 Å². The molecule has 2 heterocycles. The van der Waals surface area contributed by atoms with Crippen LogP contribution in [0.15, 0.2) is 24.7 Å². The van der Waals surface area contributed by atoms with Crippen molar-refractivity contribution in [3.05, 3.63) is 36.0 Å². The second-order valence-corrected chi connectivity index (χ2v) is 3.25. The number of carbonyl (C=O) groups is 1. The number of rotatable bonds is 4. The van der Waals surface area contributed by atoms with Crippen LogP contribution in [0.2, 0.25) is 0 Å². The first kappa shape index (κ1) is 11.2. The van der Waals surface area contributed by atoms with Gasteiger partial charge in [0.15, 0.2) is 11.5 Å². The molecule has 0 radical (unpaired) electrons. The Hall–Kier alpha value is -2.28. The van der Waals surface area contributed by atoms with E-state index in [1.807, 2.05) is 0 Å². The Kier molecular flexibility index (Phi) is 3.10. The van der Waals surface area contributed by atoms with Crippen molar-refractivity contribution >= 4 is 5.97 Å². The Morgan fingerprint density at radius 2 is 2.35 bits per heavy atom. The molecule has 0 spiro atoms. The van der Waals surface area contributed by atoms with E-state index in [-0.39, 0.29) is 5.69 Å². The van der Waals surface area contributed by atoms with Gasteiger partial charge in [-0.15, -0.1) is 0 Å². The summed E-state index contributed by atoms with van der Waals surface area (Å²) in [6, 6.07) is 3.09. The Morgan fingerprint density at radius 3 is 3.00 bits per heavy atom. The van der Waals surface area contributed by atoms with Crippen LogP contribution in [0.1, 0.15) is 16.2 Å². The van der Waals surface area contributed by atoms with Gasteiger partial charge in [-0.05, 0) is 6.07 Å². The first-order valence-corrected chi connectivity index (χ1v) is 4.80. The lowest BCUT2D eigenvalue weighted by Gasteiger charge is -2.02. The van der Waals surface area contributed by atoms with Gasteiger partial charge in [-0.3, -0.25) is 0 Å². The molecule has 0 aliphatic heterocycles. The molecule has 0 bridgehead atoms. The van der Waals surface area contributed by atoms with Crippen LogP contribution in [0.25, 0.3) is 5.82 Å². The molecule has 0 amide bonds. The molecule has 2 rings (SSSR count). The van der Waals surface area contributed by atoms with Crippen LogP contribution in [-0.4, -0.2) is 37.9 Å². The number of nitrogens with zero attached hydrogens (tertiary/aromatic N) is 4. The number of hydrogen-bond acceptors (Lipinski definition) is 5. The smallest absolute Gasteiger partial charge is 0.356 e. The van der Waals surface area contributed by atoms with Gasteiger partial charge in [0.2, 0.25) is 0 Å². The minimum Gasteiger partial charge on any atom is -0.476 e. The Bertz CT molecular complexity index is 538. The van der Waals surface area contributed by atoms with E-state index in [1.54, 1.807) is 13.2 Å². The van der Waals surface area contributed by atoms with Crippen molar-refractivity contribution in [3.63, 3.8) is 0 Å². The highest BCUT2D eigenvalue weighted by atomic mass is 16.5. The Balaban J connectivity index is 2.31. The fourth-order valence-electron chi connectivity index (χ4n) is 1.30. The van der Waals surface area contributed by atoms with E-state index >= 15 is 0 Å². The Morgan fingerprint density at radius 1 is 1.53 bits per heavy atom. The molecule has 0 atom stereocenters. The zero-order valence-corrected chi connectivity index (χ0v) is 9.07. The maximum atomic E-state index is 10.7. The fraction of sp³-hybridized carbons (Fsp3) is 0.200. The number of ether oxygens (including phenoxy) is 1. The van der Waals surface area contributed by atoms with Crippen LogP contribution in [0.5, 0.6) is 0 Å². The van der Waals surface area contributed by atoms with Crippen LogP contribution >= 0.6 is 0 Å². The fourth-order valence-corrected chi connectivity index (χ4v) is 1.30. The van der Waals surface area contributed by atoms with E-state index in [2.05, 4.69) is 15.1 Å². The average Bonchev–Trinajstić information content (AvgIpc) is 2.79. The molecule has 0 aliphatic rings. The molecule has 17 heavy (non-hydrogen) atoms. The zero-order valence-electron chi connectivity index (χ0n) is 9.07. The molecule has 0 aromatic carbocycles. The van der Waals surface area contributed by atoms with Gasteiger partial charge in [0, 0.05) is 19.4 Å². The summed E-state index contributed by atoms with van der Waals surface area (Å²) in [5, 5.41) is 12.6. The van der Waals surface area contributed by atoms with Gasteiger partial charge in [-0.1, -0.05) is 0 Å². The first-order valence-electron chi connectivity index (χ1n) is 4.80. The van der Waals surface area contributed by atoms with Crippen LogP contribution in [0, 0.1) is 0 Å². The molecular weight excluding hydrogens is 224 g/mol. The van der Waals surface area contributed by atoms with Crippen molar-refractivity contribution in [2.75, 3.05) is 7.11 Å². The zero-order chi connectivity index (χ0) is 12.3. The maximum Gasteiger partial charge on any atom is 0.356 e. The number of methoxy groups -OCH3 is 1. The van der Waals surface area contributed by atoms with E-state index in [1.165, 1.54) is 23.3 Å². The van der Waals surface area contributed by atoms with Gasteiger partial charge < -0.3 is 9.84 Å². The molecule has 7 nitrogen and oxygen atoms in total. The van der Waals surface area contributed by atoms with Crippen molar-refractivity contribution in [3.8, 4) is 5.82 Å². The van der Waals surface area contributed by atoms with E-state index in [4.69, 9.17) is 9.84 Å². The third kappa shape index (κ3) is 2.45. The summed E-state index contributed by atoms with van der Waals surface area (Å²) in [5.41, 5.74) is 0.668. The molecule has 0 aliphatic carbocycles. The van der Waals surface area contributed by atoms with Gasteiger partial charge in [-0.2, -0.15) is 5.10 Å². The standard InChI is InChI=1S/C10H10N4O3/c1-17-5-7-4-9(12-6-11-7)14-3-2-8(13-14)10(15)16/h2-4,6H,5H2,1H3,(H,15,16). The van der Waals surface area contributed by atoms with Crippen molar-refractivity contribution in [1.82, 2.24) is 19.7 Å². The molecule has 88 valence electrons. The summed E-state index contributed by atoms with van der Waals surface area (Å²) in [7, 11) is 1.57. The normalized spacial score (nSPS) is 10.4. The summed E-state index contributed by atoms with van der Waals surface area (Å²) in [6.45, 7) is 0.364. The van der Waals surface area contributed by atoms with Crippen LogP contribution in [0.3, 0.4) is 0 Å². The minimum absolute atomic E-state index is 0.0306. The second kappa shape index (κ2) is 4.71. The van der Waals surface area contributed by atoms with Crippen LogP contribution in [-0.2, 0) is 11.3 Å². The van der Waals surface area contributed by atoms with E-state index < -0.39 is 5.97 Å². The summed E-state index contributed by atoms with van der Waals surface area (Å²) in [6.07, 6.45) is 2.91. The number of aromatic carboxylic acids is 1. The quantitative estimate of drug-likeness (QED) is 0.828. The van der Waals surface area contributed by atoms with Crippen LogP contribution in [0.4, 0.5) is 0 Å². The first-order chi connectivity index (χ1) is 8.20. The Labute approximate surface area is 96.7 Å². The number of aromatic nitrogens is 4. The third-order valence-electron chi connectivity index (χ3n) is 2.04. The molecule has 0 saturated carbocycles. The number of hydrogen-bond donors (Lipinski definition) is 1. The highest BCUT2D eigenvalue weighted by Crippen LogP contribution is 2.06. The predicted octanol–water partition coefficient (Wildman–Crippen LogP) is 0.507. The predicted molar refractivity (Wildman–Crippen MR) is 56.8 cm³/mol. The molecule has 2 aromatic heterocycles. The van der Waals surface area contributed by atoms with Gasteiger partial charge in [0.25, 0.3) is 0 Å². The lowest BCUT2D eigenvalue weighted by Crippen LogP contribution is -2.04. The maximum absolute atomic E-state index is 10.7. The van der Waals surface area contributed by atoms with E-state index in [9.17, 15) is 4.79 Å². The highest BCUT2D eigenvalue weighted by Gasteiger charge is 2.08. The lowest BCUT2D eigenvalue weighted by atomic mass is 10.4. The molecule has 0 saturated heterocycles. The minimum atomic E-state index is -1.07. The second-order valence-electron chi connectivity index (χ2n) is 3.25. The lowest BCUT2D eigenvalue weighted by molar-refractivity contribution is 0.0690. The largest absolute Gasteiger partial charge is 0.476 e. The molecule has 0 unspecified atom stereocenters. The van der Waals surface area contributed by atoms with Gasteiger partial charge in [-0.25, -0.2) is 19.4 Å². The molecular formula is C10H10N4O3. The van der Waals surface area contributed by atoms with E-state index in [0.29, 0.717) is 18.1 Å². The summed E-state index contributed by atoms with van der Waals surface area (Å²) in [4.78, 5) is 18.7. The molecule has 1 N–H and O–H groups in total. The number of carboxylic acid groups (broad SMARTS) is 1. The average molecular weight is 234 g/mol. The molecule has 2 aromatic rings. The molecule has 0 fully saturated rings. The summed E-state index contributed by atoms with van der Waals surface area (Å²) >= 11 is 0. The third-order valence-corrected chi connectivity index (χ3v) is 2.04. The number of carboxylic acids is 1. The van der Waals surface area contributed by atoms with Crippen molar-refractivity contribution in [2.24, 2.45) is 0 Å². The summed E-state index contributed by atoms with van der Waals surface area (Å²) < 4.78 is 6.33. The van der Waals surface area contributed by atoms with Crippen LogP contribution < -0.4 is 0 Å². The van der Waals surface area contributed by atoms with Gasteiger partial charge in [0.1, 0.15) is 6.33 Å². The summed E-state index contributed by atoms with van der Waals surface area (Å²) in [5.74, 6) is -0.575.